The van der Waals surface area contributed by atoms with E-state index in [2.05, 4.69) is 51.5 Å². The summed E-state index contributed by atoms with van der Waals surface area (Å²) < 4.78 is 1.12. The summed E-state index contributed by atoms with van der Waals surface area (Å²) in [5, 5.41) is 2.79. The molecule has 0 aromatic heterocycles. The molecule has 0 saturated carbocycles. The van der Waals surface area contributed by atoms with Crippen LogP contribution in [0.2, 0.25) is 5.32 Å². The molecule has 0 aliphatic carbocycles. The van der Waals surface area contributed by atoms with Crippen LogP contribution >= 0.6 is 0 Å². The van der Waals surface area contributed by atoms with Gasteiger partial charge in [0.15, 0.2) is 0 Å². The molecule has 0 saturated heterocycles. The van der Waals surface area contributed by atoms with E-state index < -0.39 is 0 Å². The van der Waals surface area contributed by atoms with Gasteiger partial charge in [-0.3, -0.25) is 0 Å². The Hall–Kier alpha value is 0.179. The van der Waals surface area contributed by atoms with Gasteiger partial charge in [-0.2, -0.15) is 0 Å². The molecule has 0 amide bonds. The van der Waals surface area contributed by atoms with Crippen molar-refractivity contribution in [1.82, 2.24) is 0 Å². The van der Waals surface area contributed by atoms with E-state index in [4.69, 9.17) is 0 Å². The first-order valence-corrected chi connectivity index (χ1v) is 11.9. The summed E-state index contributed by atoms with van der Waals surface area (Å²) in [4.78, 5) is 0. The van der Waals surface area contributed by atoms with Crippen LogP contribution in [-0.4, -0.2) is 47.1 Å². The molecule has 0 N–H and O–H groups in total. The van der Waals surface area contributed by atoms with Crippen LogP contribution < -0.4 is 17.0 Å². The second-order valence-electron chi connectivity index (χ2n) is 7.73. The maximum absolute atomic E-state index is 2.29. The Balaban J connectivity index is 0.00000529. The van der Waals surface area contributed by atoms with Crippen LogP contribution in [0.4, 0.5) is 0 Å². The predicted molar refractivity (Wildman–Crippen MR) is 105 cm³/mol. The van der Waals surface area contributed by atoms with Gasteiger partial charge in [0.2, 0.25) is 0 Å². The summed E-state index contributed by atoms with van der Waals surface area (Å²) in [6.07, 6.45) is 13.0. The zero-order chi connectivity index (χ0) is 16.8. The maximum Gasteiger partial charge on any atom is -1.00 e. The first-order chi connectivity index (χ1) is 11.1. The van der Waals surface area contributed by atoms with Crippen LogP contribution in [0.1, 0.15) is 63.4 Å². The molecular formula is C21H38BrNSe. The van der Waals surface area contributed by atoms with Crippen molar-refractivity contribution in [3.05, 3.63) is 35.9 Å². The van der Waals surface area contributed by atoms with Gasteiger partial charge in [0.05, 0.1) is 21.1 Å². The van der Waals surface area contributed by atoms with Crippen LogP contribution in [-0.2, 0) is 5.32 Å². The van der Waals surface area contributed by atoms with Crippen molar-refractivity contribution in [2.75, 3.05) is 27.7 Å². The normalized spacial score (nSPS) is 11.3. The fourth-order valence-corrected chi connectivity index (χ4v) is 4.85. The third kappa shape index (κ3) is 15.7. The van der Waals surface area contributed by atoms with Crippen LogP contribution in [0.25, 0.3) is 0 Å². The van der Waals surface area contributed by atoms with E-state index >= 15 is 0 Å². The van der Waals surface area contributed by atoms with E-state index in [1.54, 1.807) is 0 Å². The number of hydrogen-bond acceptors (Lipinski definition) is 0. The van der Waals surface area contributed by atoms with Gasteiger partial charge in [0.25, 0.3) is 0 Å². The van der Waals surface area contributed by atoms with Crippen LogP contribution in [0.5, 0.6) is 0 Å². The van der Waals surface area contributed by atoms with Crippen molar-refractivity contribution in [3.8, 4) is 0 Å². The Kier molecular flexibility index (Phi) is 15.6. The molecule has 0 atom stereocenters. The smallest absolute Gasteiger partial charge is 1.00 e. The molecule has 1 nitrogen and oxygen atoms in total. The standard InChI is InChI=1S/C21H38NSe.BrH/c1-22(2,3)18-14-9-7-5-4-6-8-10-15-19-23-20-21-16-12-11-13-17-21;/h11-13,16-17H,4-10,14-15,18-20H2,1-3H3;1H/q+1;/p-1. The molecule has 0 aliphatic rings. The van der Waals surface area contributed by atoms with Gasteiger partial charge < -0.3 is 17.0 Å². The molecular weight excluding hydrogens is 425 g/mol. The van der Waals surface area contributed by atoms with Gasteiger partial charge in [0, 0.05) is 0 Å². The van der Waals surface area contributed by atoms with E-state index in [0.717, 1.165) is 19.4 Å². The van der Waals surface area contributed by atoms with Gasteiger partial charge in [0.1, 0.15) is 0 Å². The summed E-state index contributed by atoms with van der Waals surface area (Å²) in [7, 11) is 6.88. The molecule has 0 fully saturated rings. The average molecular weight is 463 g/mol. The van der Waals surface area contributed by atoms with Gasteiger partial charge in [-0.25, -0.2) is 0 Å². The third-order valence-corrected chi connectivity index (χ3v) is 6.57. The van der Waals surface area contributed by atoms with Gasteiger partial charge in [-0.15, -0.1) is 0 Å². The molecule has 1 aromatic carbocycles. The Morgan fingerprint density at radius 2 is 1.21 bits per heavy atom. The number of hydrogen-bond donors (Lipinski definition) is 0. The molecule has 1 rings (SSSR count). The van der Waals surface area contributed by atoms with E-state index in [0.29, 0.717) is 0 Å². The maximum atomic E-state index is 2.29. The molecule has 0 radical (unpaired) electrons. The van der Waals surface area contributed by atoms with Crippen LogP contribution in [0.15, 0.2) is 30.3 Å². The number of rotatable bonds is 14. The second-order valence-corrected chi connectivity index (χ2v) is 10.1. The summed E-state index contributed by atoms with van der Waals surface area (Å²) in [6, 6.07) is 11.0. The first kappa shape index (κ1) is 24.2. The van der Waals surface area contributed by atoms with Crippen molar-refractivity contribution in [2.24, 2.45) is 0 Å². The quantitative estimate of drug-likeness (QED) is 0.226. The van der Waals surface area contributed by atoms with Crippen molar-refractivity contribution in [3.63, 3.8) is 0 Å². The fourth-order valence-electron chi connectivity index (χ4n) is 2.79. The number of unbranched alkanes of at least 4 members (excludes halogenated alkanes) is 8. The molecule has 0 unspecified atom stereocenters. The summed E-state index contributed by atoms with van der Waals surface area (Å²) >= 11 is 0.812. The number of quaternary nitrogens is 1. The summed E-state index contributed by atoms with van der Waals surface area (Å²) in [6.45, 7) is 1.32. The van der Waals surface area contributed by atoms with Crippen LogP contribution in [0, 0.1) is 0 Å². The van der Waals surface area contributed by atoms with Crippen molar-refractivity contribution in [2.45, 2.75) is 68.4 Å². The molecule has 0 aliphatic heterocycles. The van der Waals surface area contributed by atoms with Gasteiger partial charge >= 0.3 is 130 Å². The summed E-state index contributed by atoms with van der Waals surface area (Å²) in [5.74, 6) is 0. The topological polar surface area (TPSA) is 0 Å². The molecule has 3 heteroatoms. The minimum Gasteiger partial charge on any atom is -1.00 e. The van der Waals surface area contributed by atoms with E-state index in [1.165, 1.54) is 80.5 Å². The Morgan fingerprint density at radius 1 is 0.708 bits per heavy atom. The molecule has 0 bridgehead atoms. The largest absolute Gasteiger partial charge is 1.00 e. The Bertz CT molecular complexity index is 375. The van der Waals surface area contributed by atoms with E-state index in [-0.39, 0.29) is 17.0 Å². The van der Waals surface area contributed by atoms with Crippen molar-refractivity contribution >= 4 is 15.0 Å². The van der Waals surface area contributed by atoms with E-state index in [9.17, 15) is 0 Å². The van der Waals surface area contributed by atoms with Crippen LogP contribution in [0.3, 0.4) is 0 Å². The number of benzene rings is 1. The fraction of sp³-hybridized carbons (Fsp3) is 0.714. The Morgan fingerprint density at radius 3 is 1.75 bits per heavy atom. The minimum atomic E-state index is 0. The van der Waals surface area contributed by atoms with Gasteiger partial charge in [-0.1, -0.05) is 0 Å². The molecule has 24 heavy (non-hydrogen) atoms. The second kappa shape index (κ2) is 15.4. The Labute approximate surface area is 168 Å². The molecule has 0 spiro atoms. The third-order valence-electron chi connectivity index (χ3n) is 4.23. The molecule has 1 aromatic rings. The van der Waals surface area contributed by atoms with E-state index in [1.807, 2.05) is 0 Å². The van der Waals surface area contributed by atoms with Crippen molar-refractivity contribution < 1.29 is 21.5 Å². The number of nitrogens with zero attached hydrogens (tertiary/aromatic N) is 1. The minimum absolute atomic E-state index is 0. The SMILES string of the molecule is C[N+](C)(C)CCCCCCCCCCC[Se]Cc1ccccc1.[Br-]. The predicted octanol–water partition coefficient (Wildman–Crippen LogP) is 2.53. The first-order valence-electron chi connectivity index (χ1n) is 9.50. The average Bonchev–Trinajstić information content (AvgIpc) is 2.52. The monoisotopic (exact) mass is 463 g/mol. The van der Waals surface area contributed by atoms with Gasteiger partial charge in [-0.05, 0) is 0 Å². The number of halogens is 1. The molecule has 0 heterocycles. The zero-order valence-corrected chi connectivity index (χ0v) is 19.4. The summed E-state index contributed by atoms with van der Waals surface area (Å²) in [5.41, 5.74) is 1.53. The zero-order valence-electron chi connectivity index (χ0n) is 16.1. The molecule has 140 valence electrons. The van der Waals surface area contributed by atoms with Crippen molar-refractivity contribution in [1.29, 1.82) is 0 Å².